The van der Waals surface area contributed by atoms with E-state index in [4.69, 9.17) is 5.73 Å². The van der Waals surface area contributed by atoms with Crippen LogP contribution in [0.3, 0.4) is 0 Å². The number of unbranched alkanes of at least 4 members (excludes halogenated alkanes) is 1. The lowest BCUT2D eigenvalue weighted by Gasteiger charge is -2.20. The van der Waals surface area contributed by atoms with Gasteiger partial charge in [-0.3, -0.25) is 0 Å². The van der Waals surface area contributed by atoms with Crippen LogP contribution >= 0.6 is 27.0 Å². The molecule has 5 nitrogen and oxygen atoms in total. The van der Waals surface area contributed by atoms with Gasteiger partial charge in [-0.2, -0.15) is 27.0 Å². The summed E-state index contributed by atoms with van der Waals surface area (Å²) in [5, 5.41) is 22.4. The molecule has 0 aliphatic rings. The molecule has 0 aliphatic carbocycles. The molecule has 0 rings (SSSR count). The van der Waals surface area contributed by atoms with Crippen molar-refractivity contribution in [2.45, 2.75) is 58.7 Å². The number of likely N-dealkylation sites (N-methyl/N-ethyl adjacent to an activating group) is 1. The van der Waals surface area contributed by atoms with Crippen molar-refractivity contribution < 1.29 is 10.2 Å². The molecule has 2 atom stereocenters. The molecule has 0 aromatic heterocycles. The van der Waals surface area contributed by atoms with E-state index in [9.17, 15) is 10.2 Å². The zero-order chi connectivity index (χ0) is 14.5. The van der Waals surface area contributed by atoms with E-state index in [2.05, 4.69) is 17.1 Å². The summed E-state index contributed by atoms with van der Waals surface area (Å²) in [6.45, 7) is 5.94. The molecule has 0 aromatic rings. The number of aliphatic hydroxyl groups is 2. The number of hydrogen-bond acceptors (Lipinski definition) is 5. The maximum Gasteiger partial charge on any atom is 0.0679 e. The van der Waals surface area contributed by atoms with Gasteiger partial charge in [-0.15, -0.1) is 0 Å². The lowest BCUT2D eigenvalue weighted by atomic mass is 10.2. The molecule has 0 fully saturated rings. The molecule has 0 saturated carbocycles. The van der Waals surface area contributed by atoms with Crippen LogP contribution in [0.25, 0.3) is 0 Å². The Labute approximate surface area is 151 Å². The van der Waals surface area contributed by atoms with Crippen molar-refractivity contribution in [3.8, 4) is 0 Å². The lowest BCUT2D eigenvalue weighted by Crippen LogP contribution is -2.32. The van der Waals surface area contributed by atoms with Gasteiger partial charge < -0.3 is 26.2 Å². The number of nitrogens with two attached hydrogens (primary N) is 1. The van der Waals surface area contributed by atoms with Crippen molar-refractivity contribution in [1.29, 1.82) is 0 Å². The Kier molecular flexibility index (Phi) is 29.7. The van der Waals surface area contributed by atoms with Crippen LogP contribution in [-0.2, 0) is 0 Å². The lowest BCUT2D eigenvalue weighted by molar-refractivity contribution is 0.119. The van der Waals surface area contributed by atoms with Crippen LogP contribution in [0.4, 0.5) is 0 Å². The highest BCUT2D eigenvalue weighted by atomic mass is 32.1. The Hall–Kier alpha value is 0.500. The van der Waals surface area contributed by atoms with Gasteiger partial charge in [0.1, 0.15) is 0 Å². The first kappa shape index (κ1) is 30.4. The monoisotopic (exact) mass is 359 g/mol. The maximum absolute atomic E-state index is 9.61. The van der Waals surface area contributed by atoms with E-state index in [-0.39, 0.29) is 46.6 Å². The Morgan fingerprint density at radius 3 is 2.27 bits per heavy atom. The first-order valence-electron chi connectivity index (χ1n) is 7.55. The standard InChI is InChI=1S/C14H33N3O2.CH4.2H2S/c1-3-6-13(18)11-16-9-4-5-10-17(2)12-14(19)7-8-15;;;/h13-14,16,18-19H,3-12,15H2,1-2H3;1H4;2*1H2/t13-,14-;;;/m0.../s1. The van der Waals surface area contributed by atoms with Crippen LogP contribution < -0.4 is 11.1 Å². The Morgan fingerprint density at radius 2 is 1.73 bits per heavy atom. The van der Waals surface area contributed by atoms with E-state index in [1.165, 1.54) is 0 Å². The molecule has 22 heavy (non-hydrogen) atoms. The third-order valence-corrected chi connectivity index (χ3v) is 3.17. The second-order valence-electron chi connectivity index (χ2n) is 5.35. The summed E-state index contributed by atoms with van der Waals surface area (Å²) in [6.07, 6.45) is 4.24. The highest BCUT2D eigenvalue weighted by Gasteiger charge is 2.06. The SMILES string of the molecule is C.CCC[C@H](O)CNCCCCN(C)C[C@@H](O)CCN.S.S. The minimum Gasteiger partial charge on any atom is -0.392 e. The van der Waals surface area contributed by atoms with Crippen molar-refractivity contribution in [1.82, 2.24) is 10.2 Å². The van der Waals surface area contributed by atoms with E-state index in [0.717, 1.165) is 38.8 Å². The topological polar surface area (TPSA) is 81.8 Å². The molecule has 7 heteroatoms. The molecular formula is C15H41N3O2S2. The summed E-state index contributed by atoms with van der Waals surface area (Å²) in [6, 6.07) is 0. The van der Waals surface area contributed by atoms with Gasteiger partial charge in [0.2, 0.25) is 0 Å². The fourth-order valence-electron chi connectivity index (χ4n) is 2.07. The molecular weight excluding hydrogens is 318 g/mol. The summed E-state index contributed by atoms with van der Waals surface area (Å²) in [4.78, 5) is 2.15. The summed E-state index contributed by atoms with van der Waals surface area (Å²) in [7, 11) is 2.03. The van der Waals surface area contributed by atoms with Gasteiger partial charge in [0.25, 0.3) is 0 Å². The molecule has 0 radical (unpaired) electrons. The Morgan fingerprint density at radius 1 is 1.09 bits per heavy atom. The van der Waals surface area contributed by atoms with Crippen LogP contribution in [0.5, 0.6) is 0 Å². The average molecular weight is 360 g/mol. The Balaban J connectivity index is -0.000000540. The van der Waals surface area contributed by atoms with Gasteiger partial charge in [-0.1, -0.05) is 20.8 Å². The maximum atomic E-state index is 9.61. The fourth-order valence-corrected chi connectivity index (χ4v) is 2.07. The second-order valence-corrected chi connectivity index (χ2v) is 5.35. The molecule has 0 bridgehead atoms. The van der Waals surface area contributed by atoms with Crippen molar-refractivity contribution >= 4 is 27.0 Å². The van der Waals surface area contributed by atoms with E-state index in [0.29, 0.717) is 26.1 Å². The zero-order valence-electron chi connectivity index (χ0n) is 13.6. The smallest absolute Gasteiger partial charge is 0.0679 e. The highest BCUT2D eigenvalue weighted by molar-refractivity contribution is 7.59. The molecule has 140 valence electrons. The van der Waals surface area contributed by atoms with Gasteiger partial charge in [0.05, 0.1) is 12.2 Å². The van der Waals surface area contributed by atoms with E-state index in [1.54, 1.807) is 0 Å². The number of nitrogens with one attached hydrogen (secondary N) is 1. The van der Waals surface area contributed by atoms with E-state index >= 15 is 0 Å². The molecule has 0 unspecified atom stereocenters. The van der Waals surface area contributed by atoms with Crippen molar-refractivity contribution in [3.05, 3.63) is 0 Å². The predicted octanol–water partition coefficient (Wildman–Crippen LogP) is 1.02. The zero-order valence-corrected chi connectivity index (χ0v) is 15.6. The second kappa shape index (κ2) is 21.5. The normalized spacial score (nSPS) is 12.8. The molecule has 0 aromatic carbocycles. The van der Waals surface area contributed by atoms with Crippen molar-refractivity contribution in [3.63, 3.8) is 0 Å². The van der Waals surface area contributed by atoms with Gasteiger partial charge in [-0.05, 0) is 52.4 Å². The largest absolute Gasteiger partial charge is 0.392 e. The van der Waals surface area contributed by atoms with Crippen LogP contribution in [-0.4, -0.2) is 67.1 Å². The van der Waals surface area contributed by atoms with Crippen LogP contribution in [0, 0.1) is 0 Å². The van der Waals surface area contributed by atoms with E-state index < -0.39 is 0 Å². The third kappa shape index (κ3) is 20.5. The van der Waals surface area contributed by atoms with Crippen LogP contribution in [0.1, 0.15) is 46.5 Å². The van der Waals surface area contributed by atoms with E-state index in [1.807, 2.05) is 7.05 Å². The molecule has 0 aliphatic heterocycles. The highest BCUT2D eigenvalue weighted by Crippen LogP contribution is 1.97. The summed E-state index contributed by atoms with van der Waals surface area (Å²) in [5.74, 6) is 0. The minimum atomic E-state index is -0.308. The van der Waals surface area contributed by atoms with Gasteiger partial charge in [0, 0.05) is 13.1 Å². The molecule has 0 heterocycles. The fraction of sp³-hybridized carbons (Fsp3) is 1.00. The molecule has 0 spiro atoms. The summed E-state index contributed by atoms with van der Waals surface area (Å²) >= 11 is 0. The summed E-state index contributed by atoms with van der Waals surface area (Å²) in [5.41, 5.74) is 5.40. The molecule has 0 amide bonds. The Bertz CT molecular complexity index is 204. The van der Waals surface area contributed by atoms with Crippen LogP contribution in [0.15, 0.2) is 0 Å². The van der Waals surface area contributed by atoms with Gasteiger partial charge in [-0.25, -0.2) is 0 Å². The minimum absolute atomic E-state index is 0. The molecule has 0 saturated heterocycles. The summed E-state index contributed by atoms with van der Waals surface area (Å²) < 4.78 is 0. The van der Waals surface area contributed by atoms with Gasteiger partial charge in [0.15, 0.2) is 0 Å². The molecule has 5 N–H and O–H groups in total. The first-order chi connectivity index (χ1) is 9.10. The number of aliphatic hydroxyl groups excluding tert-OH is 2. The predicted molar refractivity (Wildman–Crippen MR) is 108 cm³/mol. The number of rotatable bonds is 13. The quantitative estimate of drug-likeness (QED) is 0.369. The van der Waals surface area contributed by atoms with Gasteiger partial charge >= 0.3 is 0 Å². The third-order valence-electron chi connectivity index (χ3n) is 3.17. The number of nitrogens with zero attached hydrogens (tertiary/aromatic N) is 1. The first-order valence-corrected chi connectivity index (χ1v) is 7.55. The van der Waals surface area contributed by atoms with Crippen molar-refractivity contribution in [2.24, 2.45) is 5.73 Å². The van der Waals surface area contributed by atoms with Crippen molar-refractivity contribution in [2.75, 3.05) is 39.8 Å². The average Bonchev–Trinajstić information content (AvgIpc) is 2.34. The number of hydrogen-bond donors (Lipinski definition) is 4. The van der Waals surface area contributed by atoms with Crippen LogP contribution in [0.2, 0.25) is 0 Å².